The molecule has 124 valence electrons. The van der Waals surface area contributed by atoms with Crippen LogP contribution in [0.25, 0.3) is 5.65 Å². The summed E-state index contributed by atoms with van der Waals surface area (Å²) in [4.78, 5) is 0. The molecule has 0 bridgehead atoms. The number of nitrogens with one attached hydrogen (secondary N) is 1. The van der Waals surface area contributed by atoms with Crippen molar-refractivity contribution in [3.05, 3.63) is 53.9 Å². The first-order chi connectivity index (χ1) is 11.8. The van der Waals surface area contributed by atoms with E-state index in [-0.39, 0.29) is 12.1 Å². The van der Waals surface area contributed by atoms with Crippen molar-refractivity contribution in [2.45, 2.75) is 38.3 Å². The van der Waals surface area contributed by atoms with Gasteiger partial charge in [-0.1, -0.05) is 37.3 Å². The molecule has 24 heavy (non-hydrogen) atoms. The first-order valence-electron chi connectivity index (χ1n) is 8.49. The van der Waals surface area contributed by atoms with Gasteiger partial charge >= 0.3 is 0 Å². The number of benzene rings is 1. The summed E-state index contributed by atoms with van der Waals surface area (Å²) in [6.07, 6.45) is 3.12. The monoisotopic (exact) mass is 323 g/mol. The van der Waals surface area contributed by atoms with Gasteiger partial charge in [-0.2, -0.15) is 4.52 Å². The van der Waals surface area contributed by atoms with Gasteiger partial charge in [0.1, 0.15) is 5.82 Å². The van der Waals surface area contributed by atoms with E-state index in [1.165, 1.54) is 5.56 Å². The first kappa shape index (κ1) is 15.1. The summed E-state index contributed by atoms with van der Waals surface area (Å²) < 4.78 is 7.74. The maximum absolute atomic E-state index is 5.94. The van der Waals surface area contributed by atoms with Crippen LogP contribution in [0.2, 0.25) is 0 Å². The van der Waals surface area contributed by atoms with Crippen molar-refractivity contribution >= 4 is 11.5 Å². The molecule has 3 heterocycles. The molecule has 1 aliphatic heterocycles. The topological polar surface area (TPSA) is 64.3 Å². The first-order valence-corrected chi connectivity index (χ1v) is 8.49. The summed E-state index contributed by atoms with van der Waals surface area (Å²) in [6.45, 7) is 2.88. The third kappa shape index (κ3) is 2.85. The minimum Gasteiger partial charge on any atom is -0.376 e. The molecule has 0 aliphatic carbocycles. The quantitative estimate of drug-likeness (QED) is 0.782. The lowest BCUT2D eigenvalue weighted by Crippen LogP contribution is -2.25. The van der Waals surface area contributed by atoms with Crippen LogP contribution in [0.4, 0.5) is 5.82 Å². The fourth-order valence-corrected chi connectivity index (χ4v) is 3.21. The second kappa shape index (κ2) is 6.57. The number of anilines is 1. The fourth-order valence-electron chi connectivity index (χ4n) is 3.21. The van der Waals surface area contributed by atoms with Gasteiger partial charge in [0.05, 0.1) is 12.1 Å². The van der Waals surface area contributed by atoms with E-state index in [4.69, 9.17) is 4.74 Å². The highest BCUT2D eigenvalue weighted by atomic mass is 16.5. The van der Waals surface area contributed by atoms with Crippen LogP contribution in [0.3, 0.4) is 0 Å². The maximum atomic E-state index is 5.94. The average Bonchev–Trinajstić information content (AvgIpc) is 3.29. The lowest BCUT2D eigenvalue weighted by Gasteiger charge is -2.25. The van der Waals surface area contributed by atoms with E-state index in [1.54, 1.807) is 4.52 Å². The molecule has 3 aromatic rings. The Balaban J connectivity index is 1.66. The number of ether oxygens (including phenoxy) is 1. The summed E-state index contributed by atoms with van der Waals surface area (Å²) in [5, 5.41) is 16.5. The van der Waals surface area contributed by atoms with Gasteiger partial charge < -0.3 is 10.1 Å². The molecule has 1 N–H and O–H groups in total. The highest BCUT2D eigenvalue weighted by Gasteiger charge is 2.27. The number of fused-ring (bicyclic) bond motifs is 1. The molecule has 2 atom stereocenters. The summed E-state index contributed by atoms with van der Waals surface area (Å²) in [6, 6.07) is 14.4. The number of aromatic nitrogens is 4. The molecule has 1 aliphatic rings. The molecule has 1 fully saturated rings. The second-order valence-electron chi connectivity index (χ2n) is 6.04. The molecule has 0 spiro atoms. The molecule has 6 nitrogen and oxygen atoms in total. The number of rotatable bonds is 5. The fraction of sp³-hybridized carbons (Fsp3) is 0.389. The third-order valence-electron chi connectivity index (χ3n) is 4.44. The molecule has 0 amide bonds. The predicted molar refractivity (Wildman–Crippen MR) is 91.9 cm³/mol. The summed E-state index contributed by atoms with van der Waals surface area (Å²) >= 11 is 0. The van der Waals surface area contributed by atoms with Gasteiger partial charge in [-0.15, -0.1) is 15.3 Å². The van der Waals surface area contributed by atoms with E-state index < -0.39 is 0 Å². The lowest BCUT2D eigenvalue weighted by molar-refractivity contribution is 0.0953. The Bertz CT molecular complexity index is 811. The van der Waals surface area contributed by atoms with Crippen LogP contribution in [0.1, 0.15) is 37.2 Å². The normalized spacial score (nSPS) is 18.8. The minimum absolute atomic E-state index is 0.0835. The van der Waals surface area contributed by atoms with E-state index >= 15 is 0 Å². The minimum atomic E-state index is 0.0835. The van der Waals surface area contributed by atoms with Gasteiger partial charge in [-0.05, 0) is 30.5 Å². The molecule has 2 unspecified atom stereocenters. The van der Waals surface area contributed by atoms with Crippen LogP contribution in [-0.2, 0) is 11.2 Å². The highest BCUT2D eigenvalue weighted by molar-refractivity contribution is 5.45. The Kier molecular flexibility index (Phi) is 4.13. The Morgan fingerprint density at radius 3 is 2.83 bits per heavy atom. The Hall–Kier alpha value is -2.47. The van der Waals surface area contributed by atoms with Crippen molar-refractivity contribution in [3.63, 3.8) is 0 Å². The largest absolute Gasteiger partial charge is 0.376 e. The summed E-state index contributed by atoms with van der Waals surface area (Å²) in [5.74, 6) is 1.67. The van der Waals surface area contributed by atoms with E-state index in [2.05, 4.69) is 51.8 Å². The Morgan fingerprint density at radius 1 is 1.21 bits per heavy atom. The Labute approximate surface area is 140 Å². The van der Waals surface area contributed by atoms with E-state index in [9.17, 15) is 0 Å². The van der Waals surface area contributed by atoms with Crippen LogP contribution >= 0.6 is 0 Å². The smallest absolute Gasteiger partial charge is 0.178 e. The summed E-state index contributed by atoms with van der Waals surface area (Å²) in [7, 11) is 0. The van der Waals surface area contributed by atoms with Crippen molar-refractivity contribution in [2.75, 3.05) is 11.9 Å². The van der Waals surface area contributed by atoms with Crippen molar-refractivity contribution < 1.29 is 4.74 Å². The van der Waals surface area contributed by atoms with Gasteiger partial charge in [0, 0.05) is 13.0 Å². The standard InChI is InChI=1S/C18H21N5O/c1-2-16-20-21-17-11-10-15(22-23(16)17)19-18(14-9-6-12-24-14)13-7-4-3-5-8-13/h3-5,7-8,10-11,14,18H,2,6,9,12H2,1H3,(H,19,22). The van der Waals surface area contributed by atoms with Crippen LogP contribution in [0.5, 0.6) is 0 Å². The van der Waals surface area contributed by atoms with Crippen LogP contribution in [-0.4, -0.2) is 32.5 Å². The van der Waals surface area contributed by atoms with Gasteiger partial charge in [0.25, 0.3) is 0 Å². The van der Waals surface area contributed by atoms with E-state index in [0.29, 0.717) is 0 Å². The zero-order valence-electron chi connectivity index (χ0n) is 13.7. The summed E-state index contributed by atoms with van der Waals surface area (Å²) in [5.41, 5.74) is 1.98. The molecule has 6 heteroatoms. The van der Waals surface area contributed by atoms with Crippen molar-refractivity contribution in [1.29, 1.82) is 0 Å². The van der Waals surface area contributed by atoms with Crippen LogP contribution in [0, 0.1) is 0 Å². The van der Waals surface area contributed by atoms with Crippen molar-refractivity contribution in [2.24, 2.45) is 0 Å². The van der Waals surface area contributed by atoms with Gasteiger partial charge in [-0.3, -0.25) is 0 Å². The maximum Gasteiger partial charge on any atom is 0.178 e. The predicted octanol–water partition coefficient (Wildman–Crippen LogP) is 3.02. The Morgan fingerprint density at radius 2 is 2.08 bits per heavy atom. The van der Waals surface area contributed by atoms with Gasteiger partial charge in [0.15, 0.2) is 11.5 Å². The molecule has 0 radical (unpaired) electrons. The van der Waals surface area contributed by atoms with Crippen molar-refractivity contribution in [1.82, 2.24) is 19.8 Å². The number of nitrogens with zero attached hydrogens (tertiary/aromatic N) is 4. The molecular weight excluding hydrogens is 302 g/mol. The van der Waals surface area contributed by atoms with Gasteiger partial charge in [0.2, 0.25) is 0 Å². The molecule has 4 rings (SSSR count). The number of hydrogen-bond donors (Lipinski definition) is 1. The lowest BCUT2D eigenvalue weighted by atomic mass is 9.99. The SMILES string of the molecule is CCc1nnc2ccc(NC(c3ccccc3)C3CCCO3)nn12. The molecule has 1 aromatic carbocycles. The van der Waals surface area contributed by atoms with Crippen molar-refractivity contribution in [3.8, 4) is 0 Å². The third-order valence-corrected chi connectivity index (χ3v) is 4.44. The van der Waals surface area contributed by atoms with Crippen LogP contribution < -0.4 is 5.32 Å². The molecule has 0 saturated carbocycles. The van der Waals surface area contributed by atoms with Gasteiger partial charge in [-0.25, -0.2) is 0 Å². The van der Waals surface area contributed by atoms with Crippen LogP contribution in [0.15, 0.2) is 42.5 Å². The number of aryl methyl sites for hydroxylation is 1. The molecular formula is C18H21N5O. The molecule has 2 aromatic heterocycles. The zero-order valence-corrected chi connectivity index (χ0v) is 13.7. The average molecular weight is 323 g/mol. The highest BCUT2D eigenvalue weighted by Crippen LogP contribution is 2.29. The molecule has 1 saturated heterocycles. The number of hydrogen-bond acceptors (Lipinski definition) is 5. The zero-order chi connectivity index (χ0) is 16.4. The van der Waals surface area contributed by atoms with E-state index in [0.717, 1.165) is 43.2 Å². The second-order valence-corrected chi connectivity index (χ2v) is 6.04. The van der Waals surface area contributed by atoms with E-state index in [1.807, 2.05) is 18.2 Å².